The molecule has 3 rings (SSSR count). The SMILES string of the molecule is CN[C@H]1CC[C@H](Nc2c(N[C@H]3CC[C@H](NC)CC3)c(=O)c2=O)CC1. The molecule has 0 amide bonds. The van der Waals surface area contributed by atoms with Crippen LogP contribution in [0.4, 0.5) is 11.4 Å². The number of hydrogen-bond donors (Lipinski definition) is 4. The van der Waals surface area contributed by atoms with Gasteiger partial charge < -0.3 is 21.3 Å². The Morgan fingerprint density at radius 3 is 1.17 bits per heavy atom. The van der Waals surface area contributed by atoms with Crippen molar-refractivity contribution in [1.82, 2.24) is 10.6 Å². The van der Waals surface area contributed by atoms with E-state index >= 15 is 0 Å². The molecule has 0 heterocycles. The van der Waals surface area contributed by atoms with Crippen molar-refractivity contribution in [3.8, 4) is 0 Å². The molecule has 0 spiro atoms. The summed E-state index contributed by atoms with van der Waals surface area (Å²) in [4.78, 5) is 23.9. The average molecular weight is 334 g/mol. The Morgan fingerprint density at radius 1 is 0.583 bits per heavy atom. The zero-order valence-corrected chi connectivity index (χ0v) is 14.8. The third-order valence-electron chi connectivity index (χ3n) is 5.88. The van der Waals surface area contributed by atoms with E-state index in [-0.39, 0.29) is 10.9 Å². The molecule has 0 aromatic heterocycles. The lowest BCUT2D eigenvalue weighted by Crippen LogP contribution is -2.44. The molecule has 2 saturated carbocycles. The van der Waals surface area contributed by atoms with E-state index in [4.69, 9.17) is 0 Å². The van der Waals surface area contributed by atoms with Crippen LogP contribution in [-0.4, -0.2) is 38.3 Å². The van der Waals surface area contributed by atoms with Gasteiger partial charge in [-0.3, -0.25) is 9.59 Å². The lowest BCUT2D eigenvalue weighted by atomic mass is 9.90. The van der Waals surface area contributed by atoms with Crippen LogP contribution < -0.4 is 32.1 Å². The molecule has 2 aliphatic rings. The highest BCUT2D eigenvalue weighted by molar-refractivity contribution is 5.74. The molecule has 134 valence electrons. The second kappa shape index (κ2) is 7.66. The Balaban J connectivity index is 1.57. The number of rotatable bonds is 6. The van der Waals surface area contributed by atoms with Gasteiger partial charge in [0.25, 0.3) is 10.9 Å². The van der Waals surface area contributed by atoms with Crippen molar-refractivity contribution in [3.05, 3.63) is 20.4 Å². The van der Waals surface area contributed by atoms with Crippen molar-refractivity contribution in [2.75, 3.05) is 24.7 Å². The first-order valence-corrected chi connectivity index (χ1v) is 9.33. The summed E-state index contributed by atoms with van der Waals surface area (Å²) >= 11 is 0. The van der Waals surface area contributed by atoms with E-state index in [1.54, 1.807) is 0 Å². The zero-order valence-electron chi connectivity index (χ0n) is 14.8. The topological polar surface area (TPSA) is 82.3 Å². The highest BCUT2D eigenvalue weighted by Crippen LogP contribution is 2.27. The molecule has 6 nitrogen and oxygen atoms in total. The van der Waals surface area contributed by atoms with Gasteiger partial charge in [0.05, 0.1) is 0 Å². The Kier molecular flexibility index (Phi) is 5.56. The van der Waals surface area contributed by atoms with Crippen LogP contribution in [0.3, 0.4) is 0 Å². The fourth-order valence-electron chi connectivity index (χ4n) is 4.13. The minimum absolute atomic E-state index is 0.304. The zero-order chi connectivity index (χ0) is 17.1. The maximum Gasteiger partial charge on any atom is 0.253 e. The van der Waals surface area contributed by atoms with Crippen LogP contribution >= 0.6 is 0 Å². The van der Waals surface area contributed by atoms with Gasteiger partial charge >= 0.3 is 0 Å². The Bertz CT molecular complexity index is 553. The second-order valence-electron chi connectivity index (χ2n) is 7.37. The molecule has 2 aliphatic carbocycles. The van der Waals surface area contributed by atoms with Gasteiger partial charge in [0.2, 0.25) is 0 Å². The van der Waals surface area contributed by atoms with Crippen LogP contribution in [0.25, 0.3) is 0 Å². The van der Waals surface area contributed by atoms with E-state index < -0.39 is 0 Å². The fraction of sp³-hybridized carbons (Fsp3) is 0.778. The van der Waals surface area contributed by atoms with Crippen LogP contribution in [0.1, 0.15) is 51.4 Å². The molecule has 0 aliphatic heterocycles. The summed E-state index contributed by atoms with van der Waals surface area (Å²) in [7, 11) is 4.00. The summed E-state index contributed by atoms with van der Waals surface area (Å²) in [5.74, 6) is 0. The first-order chi connectivity index (χ1) is 11.6. The van der Waals surface area contributed by atoms with Gasteiger partial charge in [-0.25, -0.2) is 0 Å². The van der Waals surface area contributed by atoms with E-state index in [1.807, 2.05) is 14.1 Å². The third-order valence-corrected chi connectivity index (χ3v) is 5.88. The van der Waals surface area contributed by atoms with E-state index in [0.29, 0.717) is 35.5 Å². The largest absolute Gasteiger partial charge is 0.377 e. The summed E-state index contributed by atoms with van der Waals surface area (Å²) in [6.07, 6.45) is 8.60. The maximum absolute atomic E-state index is 12.0. The number of hydrogen-bond acceptors (Lipinski definition) is 6. The highest BCUT2D eigenvalue weighted by atomic mass is 16.2. The minimum atomic E-state index is -0.350. The molecule has 0 atom stereocenters. The Hall–Kier alpha value is -1.40. The molecule has 4 N–H and O–H groups in total. The van der Waals surface area contributed by atoms with Gasteiger partial charge in [-0.05, 0) is 65.5 Å². The van der Waals surface area contributed by atoms with Gasteiger partial charge in [-0.1, -0.05) is 0 Å². The Labute approximate surface area is 143 Å². The van der Waals surface area contributed by atoms with E-state index in [0.717, 1.165) is 51.4 Å². The summed E-state index contributed by atoms with van der Waals surface area (Å²) < 4.78 is 0. The van der Waals surface area contributed by atoms with Crippen molar-refractivity contribution in [1.29, 1.82) is 0 Å². The van der Waals surface area contributed by atoms with Crippen LogP contribution in [0, 0.1) is 0 Å². The van der Waals surface area contributed by atoms with Crippen LogP contribution in [0.5, 0.6) is 0 Å². The van der Waals surface area contributed by atoms with Crippen molar-refractivity contribution < 1.29 is 0 Å². The summed E-state index contributed by atoms with van der Waals surface area (Å²) in [6, 6.07) is 1.77. The van der Waals surface area contributed by atoms with E-state index in [1.165, 1.54) is 0 Å². The van der Waals surface area contributed by atoms with Crippen molar-refractivity contribution in [2.24, 2.45) is 0 Å². The fourth-order valence-corrected chi connectivity index (χ4v) is 4.13. The molecule has 6 heteroatoms. The van der Waals surface area contributed by atoms with Gasteiger partial charge in [0.15, 0.2) is 0 Å². The molecular weight excluding hydrogens is 304 g/mol. The first-order valence-electron chi connectivity index (χ1n) is 9.33. The van der Waals surface area contributed by atoms with Crippen molar-refractivity contribution in [2.45, 2.75) is 75.5 Å². The molecule has 0 bridgehead atoms. The summed E-state index contributed by atoms with van der Waals surface area (Å²) in [5.41, 5.74) is 0.363. The molecular formula is C18H30N4O2. The predicted octanol–water partition coefficient (Wildman–Crippen LogP) is 1.17. The van der Waals surface area contributed by atoms with Crippen LogP contribution in [0.2, 0.25) is 0 Å². The van der Waals surface area contributed by atoms with Gasteiger partial charge in [0, 0.05) is 24.2 Å². The van der Waals surface area contributed by atoms with E-state index in [9.17, 15) is 9.59 Å². The van der Waals surface area contributed by atoms with Crippen molar-refractivity contribution >= 4 is 11.4 Å². The quantitative estimate of drug-likeness (QED) is 0.585. The maximum atomic E-state index is 12.0. The molecule has 1 aromatic carbocycles. The molecule has 1 aromatic rings. The minimum Gasteiger partial charge on any atom is -0.377 e. The van der Waals surface area contributed by atoms with Gasteiger partial charge in [-0.2, -0.15) is 0 Å². The lowest BCUT2D eigenvalue weighted by molar-refractivity contribution is 0.369. The Morgan fingerprint density at radius 2 is 0.875 bits per heavy atom. The molecule has 0 radical (unpaired) electrons. The summed E-state index contributed by atoms with van der Waals surface area (Å²) in [6.45, 7) is 0. The van der Waals surface area contributed by atoms with Crippen LogP contribution in [0.15, 0.2) is 9.59 Å². The third kappa shape index (κ3) is 3.64. The van der Waals surface area contributed by atoms with Gasteiger partial charge in [-0.15, -0.1) is 0 Å². The average Bonchev–Trinajstić information content (AvgIpc) is 2.65. The predicted molar refractivity (Wildman–Crippen MR) is 98.8 cm³/mol. The normalized spacial score (nSPS) is 31.1. The number of anilines is 2. The molecule has 0 saturated heterocycles. The molecule has 0 unspecified atom stereocenters. The first kappa shape index (κ1) is 17.4. The molecule has 2 fully saturated rings. The summed E-state index contributed by atoms with van der Waals surface area (Å²) in [5, 5.41) is 13.3. The highest BCUT2D eigenvalue weighted by Gasteiger charge is 2.28. The number of nitrogens with one attached hydrogen (secondary N) is 4. The van der Waals surface area contributed by atoms with Crippen LogP contribution in [-0.2, 0) is 0 Å². The monoisotopic (exact) mass is 334 g/mol. The second-order valence-corrected chi connectivity index (χ2v) is 7.37. The lowest BCUT2D eigenvalue weighted by Gasteiger charge is -2.32. The molecule has 24 heavy (non-hydrogen) atoms. The smallest absolute Gasteiger partial charge is 0.253 e. The standard InChI is InChI=1S/C18H30N4O2/c1-19-11-3-7-13(8-4-11)21-15-16(18(24)17(15)23)22-14-9-5-12(20-2)6-10-14/h11-14,19-22H,3-10H2,1-2H3/t11-,12-,13-,14-. The van der Waals surface area contributed by atoms with Crippen molar-refractivity contribution in [3.63, 3.8) is 0 Å². The van der Waals surface area contributed by atoms with Gasteiger partial charge in [0.1, 0.15) is 11.4 Å². The van der Waals surface area contributed by atoms with E-state index in [2.05, 4.69) is 21.3 Å².